The van der Waals surface area contributed by atoms with E-state index in [4.69, 9.17) is 4.74 Å². The first kappa shape index (κ1) is 17.2. The number of rotatable bonds is 5. The first-order valence-corrected chi connectivity index (χ1v) is 8.72. The number of amides is 1. The maximum absolute atomic E-state index is 12.7. The molecule has 1 amide bonds. The number of carbonyl (C=O) groups is 2. The summed E-state index contributed by atoms with van der Waals surface area (Å²) in [6, 6.07) is 15.0. The second-order valence-electron chi connectivity index (χ2n) is 6.41. The van der Waals surface area contributed by atoms with Gasteiger partial charge in [0, 0.05) is 5.56 Å². The summed E-state index contributed by atoms with van der Waals surface area (Å²) in [5.74, 6) is -0.509. The van der Waals surface area contributed by atoms with Crippen LogP contribution in [-0.2, 0) is 22.4 Å². The highest BCUT2D eigenvalue weighted by atomic mass is 16.5. The maximum atomic E-state index is 12.7. The van der Waals surface area contributed by atoms with Gasteiger partial charge in [0.05, 0.1) is 19.6 Å². The van der Waals surface area contributed by atoms with Gasteiger partial charge in [0.25, 0.3) is 5.91 Å². The molecule has 25 heavy (non-hydrogen) atoms. The van der Waals surface area contributed by atoms with Crippen LogP contribution in [0.1, 0.15) is 52.4 Å². The summed E-state index contributed by atoms with van der Waals surface area (Å²) >= 11 is 0. The van der Waals surface area contributed by atoms with E-state index in [-0.39, 0.29) is 18.3 Å². The molecule has 2 aromatic rings. The molecule has 0 saturated heterocycles. The van der Waals surface area contributed by atoms with E-state index < -0.39 is 6.04 Å². The van der Waals surface area contributed by atoms with Crippen LogP contribution in [0.2, 0.25) is 0 Å². The number of aryl methyl sites for hydroxylation is 2. The van der Waals surface area contributed by atoms with Crippen molar-refractivity contribution in [1.82, 2.24) is 5.32 Å². The van der Waals surface area contributed by atoms with E-state index in [1.807, 2.05) is 42.5 Å². The fourth-order valence-corrected chi connectivity index (χ4v) is 3.30. The highest BCUT2D eigenvalue weighted by Crippen LogP contribution is 2.23. The molecule has 0 radical (unpaired) electrons. The van der Waals surface area contributed by atoms with E-state index in [2.05, 4.69) is 11.4 Å². The van der Waals surface area contributed by atoms with E-state index in [0.29, 0.717) is 5.56 Å². The summed E-state index contributed by atoms with van der Waals surface area (Å²) in [5.41, 5.74) is 4.14. The standard InChI is InChI=1S/C21H23NO3/c1-25-20(23)14-19(16-8-3-2-4-9-16)22-21(24)18-12-11-15-7-5-6-10-17(15)13-18/h2-4,8-9,11-13,19H,5-7,10,14H2,1H3,(H,22,24)/t19-/m1/s1. The van der Waals surface area contributed by atoms with Crippen molar-refractivity contribution < 1.29 is 14.3 Å². The third-order valence-electron chi connectivity index (χ3n) is 4.72. The van der Waals surface area contributed by atoms with Gasteiger partial charge < -0.3 is 10.1 Å². The average molecular weight is 337 g/mol. The topological polar surface area (TPSA) is 55.4 Å². The van der Waals surface area contributed by atoms with Crippen LogP contribution in [0, 0.1) is 0 Å². The van der Waals surface area contributed by atoms with Crippen LogP contribution in [0.25, 0.3) is 0 Å². The van der Waals surface area contributed by atoms with Gasteiger partial charge in [0.2, 0.25) is 0 Å². The van der Waals surface area contributed by atoms with Gasteiger partial charge >= 0.3 is 5.97 Å². The Morgan fingerprint density at radius 3 is 2.48 bits per heavy atom. The molecule has 0 saturated carbocycles. The van der Waals surface area contributed by atoms with Gasteiger partial charge in [-0.25, -0.2) is 0 Å². The lowest BCUT2D eigenvalue weighted by Crippen LogP contribution is -2.30. The van der Waals surface area contributed by atoms with Crippen LogP contribution < -0.4 is 5.32 Å². The zero-order chi connectivity index (χ0) is 17.6. The Balaban J connectivity index is 1.79. The molecule has 0 fully saturated rings. The number of carbonyl (C=O) groups excluding carboxylic acids is 2. The van der Waals surface area contributed by atoms with E-state index in [1.54, 1.807) is 0 Å². The Hall–Kier alpha value is -2.62. The van der Waals surface area contributed by atoms with E-state index in [9.17, 15) is 9.59 Å². The maximum Gasteiger partial charge on any atom is 0.307 e. The lowest BCUT2D eigenvalue weighted by molar-refractivity contribution is -0.141. The van der Waals surface area contributed by atoms with Crippen LogP contribution >= 0.6 is 0 Å². The largest absolute Gasteiger partial charge is 0.469 e. The van der Waals surface area contributed by atoms with Crippen molar-refractivity contribution in [3.63, 3.8) is 0 Å². The Bertz CT molecular complexity index is 755. The number of fused-ring (bicyclic) bond motifs is 1. The predicted octanol–water partition coefficient (Wildman–Crippen LogP) is 3.60. The SMILES string of the molecule is COC(=O)C[C@@H](NC(=O)c1ccc2c(c1)CCCC2)c1ccccc1. The first-order valence-electron chi connectivity index (χ1n) is 8.72. The summed E-state index contributed by atoms with van der Waals surface area (Å²) < 4.78 is 4.77. The summed E-state index contributed by atoms with van der Waals surface area (Å²) in [7, 11) is 1.36. The molecule has 0 heterocycles. The molecule has 130 valence electrons. The second-order valence-corrected chi connectivity index (χ2v) is 6.41. The summed E-state index contributed by atoms with van der Waals surface area (Å²) in [6.07, 6.45) is 4.62. The van der Waals surface area contributed by atoms with Crippen LogP contribution in [-0.4, -0.2) is 19.0 Å². The Morgan fingerprint density at radius 2 is 1.76 bits per heavy atom. The van der Waals surface area contributed by atoms with Crippen LogP contribution in [0.3, 0.4) is 0 Å². The lowest BCUT2D eigenvalue weighted by Gasteiger charge is -2.20. The zero-order valence-electron chi connectivity index (χ0n) is 14.5. The molecule has 2 aromatic carbocycles. The smallest absolute Gasteiger partial charge is 0.307 e. The monoisotopic (exact) mass is 337 g/mol. The minimum atomic E-state index is -0.405. The molecule has 1 N–H and O–H groups in total. The molecule has 0 unspecified atom stereocenters. The molecule has 0 aliphatic heterocycles. The number of esters is 1. The van der Waals surface area contributed by atoms with Gasteiger partial charge in [-0.05, 0) is 54.5 Å². The molecule has 1 aliphatic carbocycles. The summed E-state index contributed by atoms with van der Waals surface area (Å²) in [5, 5.41) is 2.98. The molecule has 0 aromatic heterocycles. The van der Waals surface area contributed by atoms with Crippen molar-refractivity contribution in [2.75, 3.05) is 7.11 Å². The minimum absolute atomic E-state index is 0.108. The van der Waals surface area contributed by atoms with E-state index >= 15 is 0 Å². The van der Waals surface area contributed by atoms with Gasteiger partial charge in [0.15, 0.2) is 0 Å². The van der Waals surface area contributed by atoms with Gasteiger partial charge in [-0.1, -0.05) is 36.4 Å². The quantitative estimate of drug-likeness (QED) is 0.848. The molecule has 4 heteroatoms. The minimum Gasteiger partial charge on any atom is -0.469 e. The van der Waals surface area contributed by atoms with Crippen molar-refractivity contribution in [2.24, 2.45) is 0 Å². The third kappa shape index (κ3) is 4.27. The molecule has 4 nitrogen and oxygen atoms in total. The Labute approximate surface area is 148 Å². The number of benzene rings is 2. The van der Waals surface area contributed by atoms with Crippen molar-refractivity contribution in [3.8, 4) is 0 Å². The zero-order valence-corrected chi connectivity index (χ0v) is 14.5. The molecular formula is C21H23NO3. The van der Waals surface area contributed by atoms with Crippen LogP contribution in [0.15, 0.2) is 48.5 Å². The Morgan fingerprint density at radius 1 is 1.04 bits per heavy atom. The van der Waals surface area contributed by atoms with Gasteiger partial charge in [-0.3, -0.25) is 9.59 Å². The van der Waals surface area contributed by atoms with Crippen molar-refractivity contribution >= 4 is 11.9 Å². The fraction of sp³-hybridized carbons (Fsp3) is 0.333. The van der Waals surface area contributed by atoms with E-state index in [0.717, 1.165) is 18.4 Å². The molecule has 0 spiro atoms. The molecule has 1 aliphatic rings. The molecule has 1 atom stereocenters. The second kappa shape index (κ2) is 7.97. The summed E-state index contributed by atoms with van der Waals surface area (Å²) in [6.45, 7) is 0. The number of nitrogens with one attached hydrogen (secondary N) is 1. The molecular weight excluding hydrogens is 314 g/mol. The molecule has 3 rings (SSSR count). The van der Waals surface area contributed by atoms with Gasteiger partial charge in [-0.15, -0.1) is 0 Å². The first-order chi connectivity index (χ1) is 12.2. The predicted molar refractivity (Wildman–Crippen MR) is 96.4 cm³/mol. The Kier molecular flexibility index (Phi) is 5.49. The molecule has 0 bridgehead atoms. The van der Waals surface area contributed by atoms with Gasteiger partial charge in [0.1, 0.15) is 0 Å². The van der Waals surface area contributed by atoms with Gasteiger partial charge in [-0.2, -0.15) is 0 Å². The van der Waals surface area contributed by atoms with Crippen molar-refractivity contribution in [3.05, 3.63) is 70.8 Å². The van der Waals surface area contributed by atoms with E-state index in [1.165, 1.54) is 31.1 Å². The number of hydrogen-bond donors (Lipinski definition) is 1. The van der Waals surface area contributed by atoms with Crippen LogP contribution in [0.5, 0.6) is 0 Å². The number of ether oxygens (including phenoxy) is 1. The highest BCUT2D eigenvalue weighted by Gasteiger charge is 2.20. The highest BCUT2D eigenvalue weighted by molar-refractivity contribution is 5.95. The van der Waals surface area contributed by atoms with Crippen LogP contribution in [0.4, 0.5) is 0 Å². The number of hydrogen-bond acceptors (Lipinski definition) is 3. The van der Waals surface area contributed by atoms with Crippen molar-refractivity contribution in [2.45, 2.75) is 38.1 Å². The fourth-order valence-electron chi connectivity index (χ4n) is 3.30. The summed E-state index contributed by atoms with van der Waals surface area (Å²) in [4.78, 5) is 24.5. The normalized spacial score (nSPS) is 14.3. The number of methoxy groups -OCH3 is 1. The van der Waals surface area contributed by atoms with Crippen molar-refractivity contribution in [1.29, 1.82) is 0 Å². The lowest BCUT2D eigenvalue weighted by atomic mass is 9.90. The third-order valence-corrected chi connectivity index (χ3v) is 4.72. The average Bonchev–Trinajstić information content (AvgIpc) is 2.67.